The van der Waals surface area contributed by atoms with E-state index in [-0.39, 0.29) is 37.4 Å². The summed E-state index contributed by atoms with van der Waals surface area (Å²) < 4.78 is 19.2. The molecule has 18 heteroatoms. The van der Waals surface area contributed by atoms with Crippen molar-refractivity contribution < 1.29 is 38.2 Å². The van der Waals surface area contributed by atoms with Gasteiger partial charge in [-0.15, -0.1) is 11.8 Å². The maximum absolute atomic E-state index is 13.1. The average molecular weight is 890 g/mol. The third-order valence-electron chi connectivity index (χ3n) is 11.1. The Bertz CT molecular complexity index is 2580. The molecule has 5 aromatic rings. The highest BCUT2D eigenvalue weighted by Crippen LogP contribution is 2.39. The van der Waals surface area contributed by atoms with E-state index in [9.17, 15) is 24.0 Å². The lowest BCUT2D eigenvalue weighted by molar-refractivity contribution is -0.137. The van der Waals surface area contributed by atoms with Gasteiger partial charge in [-0.25, -0.2) is 9.97 Å². The number of ether oxygens (including phenoxy) is 3. The van der Waals surface area contributed by atoms with E-state index in [1.54, 1.807) is 60.1 Å². The summed E-state index contributed by atoms with van der Waals surface area (Å²) in [7, 11) is 7.10. The van der Waals surface area contributed by atoms with E-state index in [1.807, 2.05) is 55.5 Å². The monoisotopic (exact) mass is 889 g/mol. The Morgan fingerprint density at radius 3 is 2.61 bits per heavy atom. The minimum atomic E-state index is -0.663. The quantitative estimate of drug-likeness (QED) is 0.0411. The second-order valence-corrected chi connectivity index (χ2v) is 16.4. The Morgan fingerprint density at radius 1 is 1.00 bits per heavy atom. The molecule has 0 spiro atoms. The van der Waals surface area contributed by atoms with Crippen molar-refractivity contribution in [3.63, 3.8) is 0 Å². The zero-order chi connectivity index (χ0) is 45.3. The summed E-state index contributed by atoms with van der Waals surface area (Å²) in [4.78, 5) is 78.0. The number of fused-ring (bicyclic) bond motifs is 2. The molecule has 2 aromatic heterocycles. The summed E-state index contributed by atoms with van der Waals surface area (Å²) in [6.45, 7) is 5.52. The molecule has 5 amide bonds. The molecule has 1 fully saturated rings. The number of carbonyl (C=O) groups excluding carboxylic acids is 5. The zero-order valence-corrected chi connectivity index (χ0v) is 37.0. The molecule has 2 aliphatic rings. The lowest BCUT2D eigenvalue weighted by Gasteiger charge is -2.29. The Morgan fingerprint density at radius 2 is 1.81 bits per heavy atom. The smallest absolute Gasteiger partial charge is 0.255 e. The number of benzene rings is 3. The molecule has 1 atom stereocenters. The van der Waals surface area contributed by atoms with E-state index in [1.165, 1.54) is 6.08 Å². The summed E-state index contributed by atoms with van der Waals surface area (Å²) >= 11 is 1.56. The van der Waals surface area contributed by atoms with Crippen LogP contribution in [0.2, 0.25) is 0 Å². The molecule has 0 bridgehead atoms. The predicted molar refractivity (Wildman–Crippen MR) is 245 cm³/mol. The molecule has 64 heavy (non-hydrogen) atoms. The third kappa shape index (κ3) is 10.4. The fraction of sp³-hybridized carbons (Fsp3) is 0.326. The van der Waals surface area contributed by atoms with E-state index >= 15 is 0 Å². The van der Waals surface area contributed by atoms with Gasteiger partial charge >= 0.3 is 0 Å². The van der Waals surface area contributed by atoms with Crippen LogP contribution >= 0.6 is 11.8 Å². The lowest BCUT2D eigenvalue weighted by atomic mass is 10.0. The summed E-state index contributed by atoms with van der Waals surface area (Å²) in [6, 6.07) is 18.4. The summed E-state index contributed by atoms with van der Waals surface area (Å²) in [5.74, 6) is -0.118. The minimum Gasteiger partial charge on any atom is -0.494 e. The van der Waals surface area contributed by atoms with Crippen molar-refractivity contribution >= 4 is 75.2 Å². The number of likely N-dealkylation sites (N-methyl/N-ethyl adjacent to an activating group) is 2. The van der Waals surface area contributed by atoms with Gasteiger partial charge in [0.05, 0.1) is 49.7 Å². The second kappa shape index (κ2) is 20.6. The van der Waals surface area contributed by atoms with E-state index in [4.69, 9.17) is 19.2 Å². The van der Waals surface area contributed by atoms with Gasteiger partial charge in [0.1, 0.15) is 18.4 Å². The van der Waals surface area contributed by atoms with E-state index in [0.29, 0.717) is 79.3 Å². The van der Waals surface area contributed by atoms with Crippen LogP contribution in [-0.4, -0.2) is 126 Å². The average Bonchev–Trinajstić information content (AvgIpc) is 3.82. The number of thioether (sulfide) groups is 1. The van der Waals surface area contributed by atoms with Crippen LogP contribution in [-0.2, 0) is 42.2 Å². The maximum atomic E-state index is 13.1. The normalized spacial score (nSPS) is 14.6. The largest absolute Gasteiger partial charge is 0.494 e. The summed E-state index contributed by atoms with van der Waals surface area (Å²) in [5.41, 5.74) is 5.89. The molecule has 334 valence electrons. The molecule has 2 aliphatic heterocycles. The number of anilines is 4. The number of methoxy groups -OCH3 is 1. The Hall–Kier alpha value is -6.76. The van der Waals surface area contributed by atoms with Crippen molar-refractivity contribution in [3.8, 4) is 17.0 Å². The fourth-order valence-electron chi connectivity index (χ4n) is 7.61. The minimum absolute atomic E-state index is 0.120. The number of para-hydroxylation sites is 1. The van der Waals surface area contributed by atoms with Crippen LogP contribution in [0.5, 0.6) is 5.75 Å². The van der Waals surface area contributed by atoms with Crippen molar-refractivity contribution in [2.24, 2.45) is 7.05 Å². The Balaban J connectivity index is 0.869. The van der Waals surface area contributed by atoms with Crippen molar-refractivity contribution in [3.05, 3.63) is 96.8 Å². The SMILES string of the molecule is C=CC(=O)Nc1cc(Nc2nccc(-c3cn(C)c4ccccc34)n2)c(OC)cc1N(C)CCN(C)C(=O)COCCOCCSc1cccc2c1CN(C1CCC(=O)NC1=O)C2=O. The molecule has 4 heterocycles. The number of hydrogen-bond acceptors (Lipinski definition) is 13. The lowest BCUT2D eigenvalue weighted by Crippen LogP contribution is -2.52. The van der Waals surface area contributed by atoms with Crippen molar-refractivity contribution in [2.75, 3.05) is 82.0 Å². The van der Waals surface area contributed by atoms with Gasteiger partial charge in [0.25, 0.3) is 5.91 Å². The van der Waals surface area contributed by atoms with Gasteiger partial charge in [0, 0.05) is 98.3 Å². The molecule has 0 aliphatic carbocycles. The molecule has 1 saturated heterocycles. The summed E-state index contributed by atoms with van der Waals surface area (Å²) in [6.07, 6.45) is 5.43. The molecule has 0 radical (unpaired) electrons. The van der Waals surface area contributed by atoms with Crippen LogP contribution < -0.4 is 25.6 Å². The molecule has 0 saturated carbocycles. The number of rotatable bonds is 20. The topological polar surface area (TPSA) is 190 Å². The molecule has 3 N–H and O–H groups in total. The molecule has 7 rings (SSSR count). The van der Waals surface area contributed by atoms with E-state index in [2.05, 4.69) is 44.2 Å². The molecular weight excluding hydrogens is 839 g/mol. The highest BCUT2D eigenvalue weighted by molar-refractivity contribution is 7.99. The first-order valence-corrected chi connectivity index (χ1v) is 21.7. The number of hydrogen-bond donors (Lipinski definition) is 3. The first-order chi connectivity index (χ1) is 30.9. The predicted octanol–water partition coefficient (Wildman–Crippen LogP) is 4.99. The Kier molecular flexibility index (Phi) is 14.6. The van der Waals surface area contributed by atoms with Gasteiger partial charge in [-0.2, -0.15) is 0 Å². The van der Waals surface area contributed by atoms with Crippen LogP contribution in [0.15, 0.2) is 90.6 Å². The number of piperidine rings is 1. The molecule has 1 unspecified atom stereocenters. The second-order valence-electron chi connectivity index (χ2n) is 15.3. The van der Waals surface area contributed by atoms with Crippen molar-refractivity contribution in [1.29, 1.82) is 0 Å². The number of carbonyl (C=O) groups is 5. The first-order valence-electron chi connectivity index (χ1n) is 20.8. The third-order valence-corrected chi connectivity index (χ3v) is 12.1. The number of aryl methyl sites for hydroxylation is 1. The van der Waals surface area contributed by atoms with Crippen molar-refractivity contribution in [2.45, 2.75) is 30.3 Å². The number of nitrogens with one attached hydrogen (secondary N) is 3. The van der Waals surface area contributed by atoms with Gasteiger partial charge < -0.3 is 44.1 Å². The van der Waals surface area contributed by atoms with Crippen LogP contribution in [0.1, 0.15) is 28.8 Å². The van der Waals surface area contributed by atoms with E-state index < -0.39 is 17.9 Å². The van der Waals surface area contributed by atoms with Crippen molar-refractivity contribution in [1.82, 2.24) is 29.7 Å². The highest BCUT2D eigenvalue weighted by Gasteiger charge is 2.39. The maximum Gasteiger partial charge on any atom is 0.255 e. The number of aromatic nitrogens is 3. The standard InChI is InChI=1S/C46H51N9O8S/c1-6-41(56)48-34-24-35(50-46-47-17-16-33(49-46)31-26-54(4)36-12-8-7-10-29(31)36)39(61-5)25-38(34)52(2)18-19-53(3)43(58)28-63-21-20-62-22-23-64-40-13-9-11-30-32(40)27-55(45(30)60)37-14-15-42(57)51-44(37)59/h6-13,16-17,24-26,37H,1,14-15,18-23,27-28H2,2-5H3,(H,48,56)(H,47,49,50)(H,51,57,59). The summed E-state index contributed by atoms with van der Waals surface area (Å²) in [5, 5.41) is 9.56. The van der Waals surface area contributed by atoms with Gasteiger partial charge in [-0.1, -0.05) is 30.8 Å². The highest BCUT2D eigenvalue weighted by atomic mass is 32.2. The number of imide groups is 1. The van der Waals surface area contributed by atoms with Gasteiger partial charge in [0.2, 0.25) is 29.6 Å². The number of nitrogens with zero attached hydrogens (tertiary/aromatic N) is 6. The van der Waals surface area contributed by atoms with Crippen LogP contribution in [0.4, 0.5) is 23.0 Å². The van der Waals surface area contributed by atoms with Gasteiger partial charge in [-0.05, 0) is 48.4 Å². The van der Waals surface area contributed by atoms with Crippen LogP contribution in [0.25, 0.3) is 22.2 Å². The van der Waals surface area contributed by atoms with E-state index in [0.717, 1.165) is 32.6 Å². The fourth-order valence-corrected chi connectivity index (χ4v) is 8.55. The number of amides is 5. The first kappa shape index (κ1) is 45.3. The van der Waals surface area contributed by atoms with Crippen LogP contribution in [0.3, 0.4) is 0 Å². The molecule has 17 nitrogen and oxygen atoms in total. The molecule has 3 aromatic carbocycles. The van der Waals surface area contributed by atoms with Gasteiger partial charge in [-0.3, -0.25) is 29.3 Å². The molecular formula is C46H51N9O8S. The van der Waals surface area contributed by atoms with Crippen LogP contribution in [0, 0.1) is 0 Å². The van der Waals surface area contributed by atoms with Gasteiger partial charge in [0.15, 0.2) is 0 Å². The zero-order valence-electron chi connectivity index (χ0n) is 36.2. The Labute approximate surface area is 375 Å².